The van der Waals surface area contributed by atoms with Gasteiger partial charge in [-0.1, -0.05) is 32.8 Å². The van der Waals surface area contributed by atoms with Crippen molar-refractivity contribution < 1.29 is 0 Å². The molecule has 0 spiro atoms. The lowest BCUT2D eigenvalue weighted by Crippen LogP contribution is -2.29. The molecule has 0 bridgehead atoms. The highest BCUT2D eigenvalue weighted by molar-refractivity contribution is 5.72. The smallest absolute Gasteiger partial charge is 0.158 e. The number of anilines is 3. The SMILES string of the molecule is C=C(Nc1cc(C)ncn1)N(CCCCCC)c1nc(-c2cncc(C)c2)ccc1N. The maximum Gasteiger partial charge on any atom is 0.158 e. The molecule has 0 atom stereocenters. The maximum absolute atomic E-state index is 6.37. The van der Waals surface area contributed by atoms with Crippen molar-refractivity contribution in [3.05, 3.63) is 66.6 Å². The topological polar surface area (TPSA) is 92.9 Å². The molecule has 3 aromatic heterocycles. The Labute approximate surface area is 184 Å². The average molecular weight is 418 g/mol. The Morgan fingerprint density at radius 2 is 1.94 bits per heavy atom. The molecule has 0 unspecified atom stereocenters. The van der Waals surface area contributed by atoms with E-state index in [0.717, 1.165) is 41.9 Å². The van der Waals surface area contributed by atoms with Crippen LogP contribution in [0.25, 0.3) is 11.3 Å². The minimum absolute atomic E-state index is 0.599. The summed E-state index contributed by atoms with van der Waals surface area (Å²) in [6, 6.07) is 7.76. The number of nitrogens with one attached hydrogen (secondary N) is 1. The Morgan fingerprint density at radius 3 is 2.68 bits per heavy atom. The monoisotopic (exact) mass is 417 g/mol. The quantitative estimate of drug-likeness (QED) is 0.443. The van der Waals surface area contributed by atoms with E-state index in [1.165, 1.54) is 19.2 Å². The Morgan fingerprint density at radius 1 is 1.10 bits per heavy atom. The molecule has 3 aromatic rings. The third-order valence-electron chi connectivity index (χ3n) is 4.97. The second-order valence-corrected chi connectivity index (χ2v) is 7.69. The molecule has 3 heterocycles. The van der Waals surface area contributed by atoms with E-state index in [1.54, 1.807) is 0 Å². The summed E-state index contributed by atoms with van der Waals surface area (Å²) in [7, 11) is 0. The minimum atomic E-state index is 0.599. The first-order valence-electron chi connectivity index (χ1n) is 10.7. The van der Waals surface area contributed by atoms with Crippen molar-refractivity contribution in [2.75, 3.05) is 22.5 Å². The standard InChI is InChI=1S/C24H31N7/c1-5-6-7-8-11-31(19(4)29-23-13-18(3)27-16-28-23)24-21(25)9-10-22(30-24)20-12-17(2)14-26-15-20/h9-10,12-16H,4-8,11,25H2,1-3H3,(H,27,28,29). The fraction of sp³-hybridized carbons (Fsp3) is 0.333. The van der Waals surface area contributed by atoms with Gasteiger partial charge in [0.2, 0.25) is 0 Å². The lowest BCUT2D eigenvalue weighted by atomic mass is 10.1. The number of nitrogens with two attached hydrogens (primary N) is 1. The zero-order chi connectivity index (χ0) is 22.2. The van der Waals surface area contributed by atoms with E-state index in [2.05, 4.69) is 39.8 Å². The Kier molecular flexibility index (Phi) is 7.54. The van der Waals surface area contributed by atoms with Crippen LogP contribution >= 0.6 is 0 Å². The molecule has 31 heavy (non-hydrogen) atoms. The van der Waals surface area contributed by atoms with Gasteiger partial charge in [0, 0.05) is 36.3 Å². The van der Waals surface area contributed by atoms with Gasteiger partial charge in [0.15, 0.2) is 5.82 Å². The Bertz CT molecular complexity index is 1030. The van der Waals surface area contributed by atoms with E-state index in [1.807, 2.05) is 49.3 Å². The molecule has 0 saturated carbocycles. The van der Waals surface area contributed by atoms with Gasteiger partial charge in [-0.05, 0) is 44.0 Å². The lowest BCUT2D eigenvalue weighted by Gasteiger charge is -2.28. The number of aryl methyl sites for hydroxylation is 2. The summed E-state index contributed by atoms with van der Waals surface area (Å²) in [5.41, 5.74) is 10.7. The number of pyridine rings is 2. The van der Waals surface area contributed by atoms with E-state index in [-0.39, 0.29) is 0 Å². The fourth-order valence-electron chi connectivity index (χ4n) is 3.33. The molecule has 7 heteroatoms. The number of nitrogens with zero attached hydrogens (tertiary/aromatic N) is 5. The fourth-order valence-corrected chi connectivity index (χ4v) is 3.33. The Hall–Kier alpha value is -3.48. The largest absolute Gasteiger partial charge is 0.396 e. The predicted octanol–water partition coefficient (Wildman–Crippen LogP) is 5.10. The summed E-state index contributed by atoms with van der Waals surface area (Å²) in [5.74, 6) is 2.04. The van der Waals surface area contributed by atoms with Crippen LogP contribution in [0.4, 0.5) is 17.3 Å². The molecular weight excluding hydrogens is 386 g/mol. The van der Waals surface area contributed by atoms with Gasteiger partial charge in [-0.15, -0.1) is 0 Å². The summed E-state index contributed by atoms with van der Waals surface area (Å²) in [5, 5.41) is 3.29. The first-order valence-corrected chi connectivity index (χ1v) is 10.7. The minimum Gasteiger partial charge on any atom is -0.396 e. The van der Waals surface area contributed by atoms with E-state index >= 15 is 0 Å². The van der Waals surface area contributed by atoms with Crippen LogP contribution in [0, 0.1) is 13.8 Å². The molecule has 0 aromatic carbocycles. The summed E-state index contributed by atoms with van der Waals surface area (Å²) in [4.78, 5) is 19.7. The number of rotatable bonds is 10. The second-order valence-electron chi connectivity index (χ2n) is 7.69. The van der Waals surface area contributed by atoms with E-state index in [0.29, 0.717) is 23.1 Å². The van der Waals surface area contributed by atoms with Gasteiger partial charge in [0.25, 0.3) is 0 Å². The highest BCUT2D eigenvalue weighted by Gasteiger charge is 2.17. The van der Waals surface area contributed by atoms with Crippen molar-refractivity contribution in [1.82, 2.24) is 19.9 Å². The molecule has 7 nitrogen and oxygen atoms in total. The van der Waals surface area contributed by atoms with Gasteiger partial charge < -0.3 is 16.0 Å². The van der Waals surface area contributed by atoms with E-state index in [4.69, 9.17) is 10.7 Å². The first-order chi connectivity index (χ1) is 15.0. The number of hydrogen-bond donors (Lipinski definition) is 2. The lowest BCUT2D eigenvalue weighted by molar-refractivity contribution is 0.660. The predicted molar refractivity (Wildman–Crippen MR) is 128 cm³/mol. The molecule has 3 rings (SSSR count). The van der Waals surface area contributed by atoms with Gasteiger partial charge in [-0.3, -0.25) is 4.98 Å². The van der Waals surface area contributed by atoms with Crippen molar-refractivity contribution in [1.29, 1.82) is 0 Å². The van der Waals surface area contributed by atoms with Gasteiger partial charge in [-0.2, -0.15) is 0 Å². The zero-order valence-corrected chi connectivity index (χ0v) is 18.6. The molecule has 0 fully saturated rings. The first kappa shape index (κ1) is 22.2. The average Bonchev–Trinajstić information content (AvgIpc) is 2.74. The van der Waals surface area contributed by atoms with Crippen molar-refractivity contribution in [3.63, 3.8) is 0 Å². The number of nitrogen functional groups attached to an aromatic ring is 1. The molecule has 0 aliphatic rings. The number of hydrogen-bond acceptors (Lipinski definition) is 7. The highest BCUT2D eigenvalue weighted by atomic mass is 15.3. The molecular formula is C24H31N7. The van der Waals surface area contributed by atoms with Crippen molar-refractivity contribution >= 4 is 17.3 Å². The van der Waals surface area contributed by atoms with Crippen molar-refractivity contribution in [2.45, 2.75) is 46.5 Å². The van der Waals surface area contributed by atoms with Crippen LogP contribution < -0.4 is 16.0 Å². The highest BCUT2D eigenvalue weighted by Crippen LogP contribution is 2.29. The number of aromatic nitrogens is 4. The summed E-state index contributed by atoms with van der Waals surface area (Å²) >= 11 is 0. The molecule has 0 radical (unpaired) electrons. The molecule has 3 N–H and O–H groups in total. The number of unbranched alkanes of at least 4 members (excludes halogenated alkanes) is 3. The van der Waals surface area contributed by atoms with Crippen LogP contribution in [0.5, 0.6) is 0 Å². The molecule has 0 amide bonds. The van der Waals surface area contributed by atoms with Gasteiger partial charge in [-0.25, -0.2) is 15.0 Å². The van der Waals surface area contributed by atoms with Crippen molar-refractivity contribution in [2.24, 2.45) is 0 Å². The van der Waals surface area contributed by atoms with Crippen LogP contribution in [0.3, 0.4) is 0 Å². The van der Waals surface area contributed by atoms with Gasteiger partial charge in [0.1, 0.15) is 18.0 Å². The van der Waals surface area contributed by atoms with E-state index in [9.17, 15) is 0 Å². The molecule has 0 saturated heterocycles. The summed E-state index contributed by atoms with van der Waals surface area (Å²) in [6.07, 6.45) is 9.69. The summed E-state index contributed by atoms with van der Waals surface area (Å²) in [6.45, 7) is 11.2. The Balaban J connectivity index is 1.92. The van der Waals surface area contributed by atoms with E-state index < -0.39 is 0 Å². The molecule has 0 aliphatic heterocycles. The third kappa shape index (κ3) is 6.01. The van der Waals surface area contributed by atoms with Crippen LogP contribution in [0.15, 0.2) is 55.4 Å². The van der Waals surface area contributed by atoms with Crippen LogP contribution in [-0.4, -0.2) is 26.5 Å². The van der Waals surface area contributed by atoms with Crippen LogP contribution in [0.1, 0.15) is 43.9 Å². The van der Waals surface area contributed by atoms with Crippen molar-refractivity contribution in [3.8, 4) is 11.3 Å². The van der Waals surface area contributed by atoms with Gasteiger partial charge >= 0.3 is 0 Å². The molecule has 162 valence electrons. The van der Waals surface area contributed by atoms with Gasteiger partial charge in [0.05, 0.1) is 11.4 Å². The van der Waals surface area contributed by atoms with Crippen LogP contribution in [-0.2, 0) is 0 Å². The summed E-state index contributed by atoms with van der Waals surface area (Å²) < 4.78 is 0. The molecule has 0 aliphatic carbocycles. The third-order valence-corrected chi connectivity index (χ3v) is 4.97. The normalized spacial score (nSPS) is 10.7. The van der Waals surface area contributed by atoms with Crippen LogP contribution in [0.2, 0.25) is 0 Å². The zero-order valence-electron chi connectivity index (χ0n) is 18.6. The maximum atomic E-state index is 6.37. The second kappa shape index (κ2) is 10.5.